The monoisotopic (exact) mass is 330 g/mol. The molecule has 0 radical (unpaired) electrons. The highest BCUT2D eigenvalue weighted by molar-refractivity contribution is 6.31. The van der Waals surface area contributed by atoms with Gasteiger partial charge in [0.15, 0.2) is 5.75 Å². The van der Waals surface area contributed by atoms with E-state index in [1.165, 1.54) is 0 Å². The number of hydrogen-bond acceptors (Lipinski definition) is 3. The van der Waals surface area contributed by atoms with Crippen molar-refractivity contribution in [3.05, 3.63) is 62.5 Å². The number of aromatic nitrogens is 1. The van der Waals surface area contributed by atoms with Crippen molar-refractivity contribution in [2.75, 3.05) is 6.54 Å². The van der Waals surface area contributed by atoms with Crippen LogP contribution in [0.5, 0.6) is 5.75 Å². The van der Waals surface area contributed by atoms with Crippen molar-refractivity contribution in [1.29, 1.82) is 0 Å². The zero-order valence-corrected chi connectivity index (χ0v) is 13.6. The summed E-state index contributed by atoms with van der Waals surface area (Å²) in [6, 6.07) is 7.89. The molecule has 4 rings (SSSR count). The van der Waals surface area contributed by atoms with Crippen LogP contribution in [-0.4, -0.2) is 21.1 Å². The number of halogens is 1. The number of fused-ring (bicyclic) bond motifs is 1. The average Bonchev–Trinajstić information content (AvgIpc) is 3.36. The van der Waals surface area contributed by atoms with Crippen LogP contribution in [0.1, 0.15) is 35.6 Å². The largest absolute Gasteiger partial charge is 0.503 e. The number of aromatic hydroxyl groups is 1. The molecule has 2 aromatic rings. The Morgan fingerprint density at radius 1 is 1.22 bits per heavy atom. The van der Waals surface area contributed by atoms with Crippen LogP contribution < -0.4 is 5.43 Å². The van der Waals surface area contributed by atoms with E-state index in [-0.39, 0.29) is 11.2 Å². The molecule has 0 unspecified atom stereocenters. The van der Waals surface area contributed by atoms with E-state index < -0.39 is 0 Å². The highest BCUT2D eigenvalue weighted by Gasteiger charge is 2.33. The van der Waals surface area contributed by atoms with Gasteiger partial charge in [0.25, 0.3) is 0 Å². The van der Waals surface area contributed by atoms with E-state index in [1.54, 1.807) is 6.20 Å². The molecule has 0 saturated heterocycles. The summed E-state index contributed by atoms with van der Waals surface area (Å²) in [6.07, 6.45) is 3.70. The Morgan fingerprint density at radius 3 is 2.74 bits per heavy atom. The summed E-state index contributed by atoms with van der Waals surface area (Å²) < 4.78 is 2.05. The van der Waals surface area contributed by atoms with Gasteiger partial charge in [0, 0.05) is 42.5 Å². The first-order chi connectivity index (χ1) is 11.1. The van der Waals surface area contributed by atoms with Crippen LogP contribution in [0.15, 0.2) is 35.3 Å². The molecule has 0 spiro atoms. The normalized spacial score (nSPS) is 18.0. The van der Waals surface area contributed by atoms with Crippen molar-refractivity contribution in [1.82, 2.24) is 9.47 Å². The maximum absolute atomic E-state index is 12.3. The predicted molar refractivity (Wildman–Crippen MR) is 89.9 cm³/mol. The van der Waals surface area contributed by atoms with Gasteiger partial charge in [-0.05, 0) is 30.4 Å². The first-order valence-corrected chi connectivity index (χ1v) is 8.42. The van der Waals surface area contributed by atoms with E-state index in [0.29, 0.717) is 5.92 Å². The quantitative estimate of drug-likeness (QED) is 0.940. The summed E-state index contributed by atoms with van der Waals surface area (Å²) in [5.74, 6) is 0.214. The van der Waals surface area contributed by atoms with Crippen molar-refractivity contribution in [2.45, 2.75) is 38.4 Å². The molecule has 0 amide bonds. The third-order valence-corrected chi connectivity index (χ3v) is 5.15. The van der Waals surface area contributed by atoms with Gasteiger partial charge in [-0.3, -0.25) is 9.69 Å². The fourth-order valence-electron chi connectivity index (χ4n) is 3.42. The maximum atomic E-state index is 12.3. The minimum Gasteiger partial charge on any atom is -0.503 e. The molecular formula is C18H19ClN2O2. The molecule has 1 saturated carbocycles. The Balaban J connectivity index is 1.65. The molecule has 5 heteroatoms. The number of pyridine rings is 1. The van der Waals surface area contributed by atoms with Crippen LogP contribution in [0.25, 0.3) is 0 Å². The van der Waals surface area contributed by atoms with Crippen molar-refractivity contribution in [3.8, 4) is 5.75 Å². The van der Waals surface area contributed by atoms with Gasteiger partial charge in [-0.2, -0.15) is 0 Å². The van der Waals surface area contributed by atoms with E-state index in [0.717, 1.165) is 60.9 Å². The molecule has 0 bridgehead atoms. The van der Waals surface area contributed by atoms with Gasteiger partial charge < -0.3 is 9.67 Å². The highest BCUT2D eigenvalue weighted by Crippen LogP contribution is 2.41. The molecule has 1 aromatic heterocycles. The van der Waals surface area contributed by atoms with Crippen molar-refractivity contribution < 1.29 is 5.11 Å². The van der Waals surface area contributed by atoms with Crippen molar-refractivity contribution in [2.24, 2.45) is 0 Å². The van der Waals surface area contributed by atoms with Crippen LogP contribution >= 0.6 is 11.6 Å². The molecule has 1 aromatic carbocycles. The lowest BCUT2D eigenvalue weighted by Gasteiger charge is -2.32. The van der Waals surface area contributed by atoms with Crippen molar-refractivity contribution >= 4 is 11.6 Å². The van der Waals surface area contributed by atoms with E-state index in [9.17, 15) is 9.90 Å². The molecule has 1 aliphatic heterocycles. The third kappa shape index (κ3) is 2.77. The Hall–Kier alpha value is -1.78. The molecule has 2 aliphatic rings. The van der Waals surface area contributed by atoms with Crippen LogP contribution in [0.2, 0.25) is 5.02 Å². The van der Waals surface area contributed by atoms with Crippen LogP contribution in [0, 0.1) is 0 Å². The lowest BCUT2D eigenvalue weighted by Crippen LogP contribution is -2.36. The molecule has 0 atom stereocenters. The Labute approximate surface area is 139 Å². The van der Waals surface area contributed by atoms with Crippen LogP contribution in [0.3, 0.4) is 0 Å². The summed E-state index contributed by atoms with van der Waals surface area (Å²) in [4.78, 5) is 14.7. The smallest absolute Gasteiger partial charge is 0.226 e. The Kier molecular flexibility index (Phi) is 3.66. The molecule has 1 N–H and O–H groups in total. The molecular weight excluding hydrogens is 312 g/mol. The predicted octanol–water partition coefficient (Wildman–Crippen LogP) is 3.10. The average molecular weight is 331 g/mol. The molecule has 2 heterocycles. The summed E-state index contributed by atoms with van der Waals surface area (Å²) >= 11 is 6.27. The first kappa shape index (κ1) is 14.8. The summed E-state index contributed by atoms with van der Waals surface area (Å²) in [6.45, 7) is 3.17. The highest BCUT2D eigenvalue weighted by atomic mass is 35.5. The summed E-state index contributed by atoms with van der Waals surface area (Å²) in [5, 5.41) is 10.7. The van der Waals surface area contributed by atoms with Gasteiger partial charge in [0.05, 0.1) is 6.20 Å². The van der Waals surface area contributed by atoms with Gasteiger partial charge in [-0.1, -0.05) is 29.8 Å². The zero-order valence-electron chi connectivity index (χ0n) is 12.8. The number of nitrogens with zero attached hydrogens (tertiary/aromatic N) is 2. The molecule has 4 nitrogen and oxygen atoms in total. The lowest BCUT2D eigenvalue weighted by molar-refractivity contribution is 0.208. The number of rotatable bonds is 3. The second-order valence-corrected chi connectivity index (χ2v) is 6.88. The third-order valence-electron chi connectivity index (χ3n) is 4.78. The van der Waals surface area contributed by atoms with Gasteiger partial charge >= 0.3 is 0 Å². The number of hydrogen-bond donors (Lipinski definition) is 1. The van der Waals surface area contributed by atoms with Gasteiger partial charge in [-0.15, -0.1) is 0 Å². The standard InChI is InChI=1S/C18H19ClN2O2/c19-14-4-2-1-3-13(14)9-20-7-8-21-11-16(22)18(23)17(12-5-6-12)15(21)10-20/h1-4,11-12,22H,5-10H2. The van der Waals surface area contributed by atoms with E-state index >= 15 is 0 Å². The Bertz CT molecular complexity index is 811. The maximum Gasteiger partial charge on any atom is 0.226 e. The SMILES string of the molecule is O=c1c(O)cn2c(c1C1CC1)CN(Cc1ccccc1Cl)CC2. The second kappa shape index (κ2) is 5.69. The minimum absolute atomic E-state index is 0.116. The minimum atomic E-state index is -0.182. The van der Waals surface area contributed by atoms with E-state index in [1.807, 2.05) is 28.8 Å². The van der Waals surface area contributed by atoms with Crippen LogP contribution in [-0.2, 0) is 19.6 Å². The van der Waals surface area contributed by atoms with E-state index in [2.05, 4.69) is 4.90 Å². The van der Waals surface area contributed by atoms with Gasteiger partial charge in [0.1, 0.15) is 0 Å². The molecule has 120 valence electrons. The molecule has 1 fully saturated rings. The van der Waals surface area contributed by atoms with Gasteiger partial charge in [0.2, 0.25) is 5.43 Å². The molecule has 23 heavy (non-hydrogen) atoms. The summed E-state index contributed by atoms with van der Waals surface area (Å²) in [7, 11) is 0. The Morgan fingerprint density at radius 2 is 2.00 bits per heavy atom. The topological polar surface area (TPSA) is 45.5 Å². The van der Waals surface area contributed by atoms with Crippen LogP contribution in [0.4, 0.5) is 0 Å². The fourth-order valence-corrected chi connectivity index (χ4v) is 3.61. The lowest BCUT2D eigenvalue weighted by atomic mass is 10.0. The van der Waals surface area contributed by atoms with Gasteiger partial charge in [-0.25, -0.2) is 0 Å². The van der Waals surface area contributed by atoms with Crippen molar-refractivity contribution in [3.63, 3.8) is 0 Å². The summed E-state index contributed by atoms with van der Waals surface area (Å²) in [5.41, 5.74) is 2.82. The zero-order chi connectivity index (χ0) is 16.0. The fraction of sp³-hybridized carbons (Fsp3) is 0.389. The first-order valence-electron chi connectivity index (χ1n) is 8.04. The van der Waals surface area contributed by atoms with E-state index in [4.69, 9.17) is 11.6 Å². The number of benzene rings is 1. The second-order valence-electron chi connectivity index (χ2n) is 6.47. The molecule has 1 aliphatic carbocycles.